The van der Waals surface area contributed by atoms with E-state index in [1.54, 1.807) is 30.3 Å². The number of rotatable bonds is 5. The van der Waals surface area contributed by atoms with Gasteiger partial charge < -0.3 is 10.1 Å². The summed E-state index contributed by atoms with van der Waals surface area (Å²) in [7, 11) is -0.253. The number of hydrogen-bond acceptors (Lipinski definition) is 7. The van der Waals surface area contributed by atoms with E-state index >= 15 is 0 Å². The normalized spacial score (nSPS) is 14.0. The fraction of sp³-hybridized carbons (Fsp3) is 0.100. The second-order valence-corrected chi connectivity index (χ2v) is 9.68. The Morgan fingerprint density at radius 3 is 2.69 bits per heavy atom. The Morgan fingerprint density at radius 1 is 1.22 bits per heavy atom. The van der Waals surface area contributed by atoms with Crippen molar-refractivity contribution in [3.63, 3.8) is 0 Å². The standard InChI is InChI=1S/C20H15ClN4O5S2/c1-30-13-3-4-14-11(8-13)9-17(26)25(19(14)27)16-6-2-12(10-22-16)23-20(28)24-32(29)18-7-5-15(21)31-18/h2-8,10H,9H2,1H3,(H2,23,24,28). The van der Waals surface area contributed by atoms with E-state index in [0.29, 0.717) is 25.4 Å². The monoisotopic (exact) mass is 490 g/mol. The minimum Gasteiger partial charge on any atom is -0.497 e. The molecule has 0 fully saturated rings. The molecule has 0 aliphatic carbocycles. The van der Waals surface area contributed by atoms with Crippen LogP contribution in [0.15, 0.2) is 52.9 Å². The van der Waals surface area contributed by atoms with Crippen LogP contribution in [0.25, 0.3) is 0 Å². The van der Waals surface area contributed by atoms with Crippen molar-refractivity contribution in [1.29, 1.82) is 0 Å². The summed E-state index contributed by atoms with van der Waals surface area (Å²) in [4.78, 5) is 42.6. The second kappa shape index (κ2) is 9.07. The maximum Gasteiger partial charge on any atom is 0.331 e. The first-order chi connectivity index (χ1) is 15.4. The van der Waals surface area contributed by atoms with Crippen LogP contribution in [-0.4, -0.2) is 34.1 Å². The number of urea groups is 1. The van der Waals surface area contributed by atoms with Gasteiger partial charge in [0.05, 0.1) is 29.8 Å². The van der Waals surface area contributed by atoms with Crippen molar-refractivity contribution in [2.45, 2.75) is 10.6 Å². The number of nitrogens with zero attached hydrogens (tertiary/aromatic N) is 2. The van der Waals surface area contributed by atoms with E-state index in [4.69, 9.17) is 16.3 Å². The zero-order chi connectivity index (χ0) is 22.8. The van der Waals surface area contributed by atoms with Crippen molar-refractivity contribution in [3.8, 4) is 5.75 Å². The first-order valence-electron chi connectivity index (χ1n) is 9.10. The zero-order valence-corrected chi connectivity index (χ0v) is 18.8. The highest BCUT2D eigenvalue weighted by atomic mass is 35.5. The average Bonchev–Trinajstić information content (AvgIpc) is 3.21. The van der Waals surface area contributed by atoms with Crippen LogP contribution in [0.2, 0.25) is 4.34 Å². The third-order valence-corrected chi connectivity index (χ3v) is 7.09. The first kappa shape index (κ1) is 21.9. The number of carbonyl (C=O) groups excluding carboxylic acids is 3. The number of nitrogens with one attached hydrogen (secondary N) is 2. The van der Waals surface area contributed by atoms with E-state index in [1.807, 2.05) is 0 Å². The van der Waals surface area contributed by atoms with Crippen LogP contribution in [0.1, 0.15) is 15.9 Å². The molecular weight excluding hydrogens is 476 g/mol. The van der Waals surface area contributed by atoms with Gasteiger partial charge in [-0.2, -0.15) is 0 Å². The van der Waals surface area contributed by atoms with E-state index in [2.05, 4.69) is 15.0 Å². The Bertz CT molecular complexity index is 1250. The van der Waals surface area contributed by atoms with Crippen LogP contribution in [0.3, 0.4) is 0 Å². The molecule has 3 aromatic rings. The number of imide groups is 1. The van der Waals surface area contributed by atoms with Gasteiger partial charge in [0.2, 0.25) is 5.91 Å². The van der Waals surface area contributed by atoms with Gasteiger partial charge >= 0.3 is 6.03 Å². The topological polar surface area (TPSA) is 118 Å². The quantitative estimate of drug-likeness (QED) is 0.529. The number of hydrogen-bond donors (Lipinski definition) is 2. The SMILES string of the molecule is COc1ccc2c(c1)CC(=O)N(c1ccc(NC(=O)NS(=O)c3ccc(Cl)s3)cn1)C2=O. The fourth-order valence-corrected chi connectivity index (χ4v) is 5.16. The van der Waals surface area contributed by atoms with E-state index in [1.165, 1.54) is 25.4 Å². The van der Waals surface area contributed by atoms with Crippen molar-refractivity contribution in [1.82, 2.24) is 9.71 Å². The molecule has 1 aromatic carbocycles. The van der Waals surface area contributed by atoms with Gasteiger partial charge in [0.25, 0.3) is 5.91 Å². The third kappa shape index (κ3) is 4.49. The largest absolute Gasteiger partial charge is 0.497 e. The van der Waals surface area contributed by atoms with E-state index < -0.39 is 28.8 Å². The predicted octanol–water partition coefficient (Wildman–Crippen LogP) is 3.38. The molecule has 12 heteroatoms. The molecule has 2 aromatic heterocycles. The number of halogens is 1. The third-order valence-electron chi connectivity index (χ3n) is 4.49. The Balaban J connectivity index is 1.45. The van der Waals surface area contributed by atoms with Crippen LogP contribution in [0.4, 0.5) is 16.3 Å². The molecule has 9 nitrogen and oxygen atoms in total. The van der Waals surface area contributed by atoms with Gasteiger partial charge in [0.15, 0.2) is 11.0 Å². The highest BCUT2D eigenvalue weighted by Crippen LogP contribution is 2.28. The molecule has 32 heavy (non-hydrogen) atoms. The van der Waals surface area contributed by atoms with Gasteiger partial charge in [0, 0.05) is 5.56 Å². The molecule has 1 aliphatic heterocycles. The molecule has 0 radical (unpaired) electrons. The maximum absolute atomic E-state index is 12.8. The van der Waals surface area contributed by atoms with Crippen molar-refractivity contribution in [3.05, 3.63) is 64.1 Å². The number of carbonyl (C=O) groups is 3. The van der Waals surface area contributed by atoms with Gasteiger partial charge in [-0.25, -0.2) is 18.9 Å². The molecule has 4 rings (SSSR count). The molecule has 1 atom stereocenters. The molecule has 164 valence electrons. The van der Waals surface area contributed by atoms with Crippen LogP contribution in [0.5, 0.6) is 5.75 Å². The van der Waals surface area contributed by atoms with Crippen molar-refractivity contribution >= 4 is 63.3 Å². The Kier molecular flexibility index (Phi) is 6.21. The van der Waals surface area contributed by atoms with Gasteiger partial charge in [-0.05, 0) is 48.0 Å². The molecule has 0 saturated carbocycles. The molecule has 1 unspecified atom stereocenters. The van der Waals surface area contributed by atoms with Crippen molar-refractivity contribution in [2.75, 3.05) is 17.3 Å². The number of benzene rings is 1. The number of fused-ring (bicyclic) bond motifs is 1. The maximum atomic E-state index is 12.8. The van der Waals surface area contributed by atoms with Crippen molar-refractivity contribution in [2.24, 2.45) is 0 Å². The molecule has 1 aliphatic rings. The molecule has 4 amide bonds. The second-order valence-electron chi connectivity index (χ2n) is 6.52. The van der Waals surface area contributed by atoms with Crippen molar-refractivity contribution < 1.29 is 23.3 Å². The molecular formula is C20H15ClN4O5S2. The van der Waals surface area contributed by atoms with Gasteiger partial charge in [-0.3, -0.25) is 14.3 Å². The summed E-state index contributed by atoms with van der Waals surface area (Å²) in [6.45, 7) is 0. The smallest absolute Gasteiger partial charge is 0.331 e. The Hall–Kier alpha value is -3.28. The lowest BCUT2D eigenvalue weighted by atomic mass is 9.98. The summed E-state index contributed by atoms with van der Waals surface area (Å²) < 4.78 is 20.4. The lowest BCUT2D eigenvalue weighted by Crippen LogP contribution is -2.43. The van der Waals surface area contributed by atoms with E-state index in [9.17, 15) is 18.6 Å². The van der Waals surface area contributed by atoms with Crippen LogP contribution >= 0.6 is 22.9 Å². The van der Waals surface area contributed by atoms with Gasteiger partial charge in [0.1, 0.15) is 15.8 Å². The van der Waals surface area contributed by atoms with Gasteiger partial charge in [-0.15, -0.1) is 11.3 Å². The number of anilines is 2. The van der Waals surface area contributed by atoms with Crippen LogP contribution in [0, 0.1) is 0 Å². The predicted molar refractivity (Wildman–Crippen MR) is 121 cm³/mol. The number of methoxy groups -OCH3 is 1. The highest BCUT2D eigenvalue weighted by Gasteiger charge is 2.33. The number of amides is 4. The summed E-state index contributed by atoms with van der Waals surface area (Å²) in [6, 6.07) is 10.3. The summed E-state index contributed by atoms with van der Waals surface area (Å²) in [5, 5.41) is 2.49. The minimum absolute atomic E-state index is 0.0287. The Labute approximate surface area is 193 Å². The number of pyridine rings is 1. The summed E-state index contributed by atoms with van der Waals surface area (Å²) in [6.07, 6.45) is 1.32. The average molecular weight is 491 g/mol. The Morgan fingerprint density at radius 2 is 2.03 bits per heavy atom. The lowest BCUT2D eigenvalue weighted by molar-refractivity contribution is -0.117. The molecule has 2 N–H and O–H groups in total. The highest BCUT2D eigenvalue weighted by molar-refractivity contribution is 7.86. The van der Waals surface area contributed by atoms with Gasteiger partial charge in [-0.1, -0.05) is 11.6 Å². The number of thiophene rings is 1. The number of aromatic nitrogens is 1. The minimum atomic E-state index is -1.76. The van der Waals surface area contributed by atoms with E-state index in [0.717, 1.165) is 16.2 Å². The molecule has 3 heterocycles. The summed E-state index contributed by atoms with van der Waals surface area (Å²) in [5.74, 6) is -0.224. The summed E-state index contributed by atoms with van der Waals surface area (Å²) in [5.41, 5.74) is 1.27. The number of ether oxygens (including phenoxy) is 1. The lowest BCUT2D eigenvalue weighted by Gasteiger charge is -2.26. The molecule has 0 spiro atoms. The first-order valence-corrected chi connectivity index (χ1v) is 11.4. The zero-order valence-electron chi connectivity index (χ0n) is 16.5. The summed E-state index contributed by atoms with van der Waals surface area (Å²) >= 11 is 6.90. The molecule has 0 bridgehead atoms. The van der Waals surface area contributed by atoms with E-state index in [-0.39, 0.29) is 17.9 Å². The fourth-order valence-electron chi connectivity index (χ4n) is 3.04. The molecule has 0 saturated heterocycles. The van der Waals surface area contributed by atoms with Crippen LogP contribution in [-0.2, 0) is 22.2 Å². The van der Waals surface area contributed by atoms with Crippen LogP contribution < -0.4 is 19.7 Å².